The Kier molecular flexibility index (Phi) is 5.98. The molecule has 0 saturated carbocycles. The van der Waals surface area contributed by atoms with Gasteiger partial charge in [-0.2, -0.15) is 0 Å². The van der Waals surface area contributed by atoms with Crippen LogP contribution in [0, 0.1) is 5.82 Å². The van der Waals surface area contributed by atoms with Crippen molar-refractivity contribution in [2.75, 3.05) is 25.0 Å². The van der Waals surface area contributed by atoms with Gasteiger partial charge < -0.3 is 10.1 Å². The average molecular weight is 370 g/mol. The summed E-state index contributed by atoms with van der Waals surface area (Å²) in [5.41, 5.74) is 2.16. The number of carbonyl (C=O) groups is 2. The fourth-order valence-electron chi connectivity index (χ4n) is 3.10. The topological polar surface area (TPSA) is 58.6 Å². The maximum Gasteiger partial charge on any atom is 0.241 e. The number of carbonyl (C=O) groups excluding carboxylic acids is 2. The van der Waals surface area contributed by atoms with Crippen LogP contribution < -0.4 is 5.32 Å². The highest BCUT2D eigenvalue weighted by molar-refractivity contribution is 5.97. The highest BCUT2D eigenvalue weighted by atomic mass is 19.1. The lowest BCUT2D eigenvalue weighted by atomic mass is 10.1. The van der Waals surface area contributed by atoms with E-state index < -0.39 is 0 Å². The minimum Gasteiger partial charge on any atom is -0.371 e. The van der Waals surface area contributed by atoms with Crippen molar-refractivity contribution in [2.24, 2.45) is 0 Å². The molecule has 1 aliphatic heterocycles. The number of ether oxygens (including phenoxy) is 1. The van der Waals surface area contributed by atoms with Crippen LogP contribution in [0.1, 0.15) is 35.9 Å². The second kappa shape index (κ2) is 8.41. The normalized spacial score (nSPS) is 18.7. The van der Waals surface area contributed by atoms with Gasteiger partial charge in [-0.15, -0.1) is 0 Å². The third kappa shape index (κ3) is 4.78. The van der Waals surface area contributed by atoms with E-state index in [1.54, 1.807) is 36.4 Å². The standard InChI is InChI=1S/C21H23FN2O3/c1-14(21(26)23-19-9-5-16(6-10-19)15(2)25)24-11-12-27-20(13-24)17-3-7-18(22)8-4-17/h3-10,14,20H,11-13H2,1-2H3,(H,23,26)/t14-,20-/m1/s1. The number of hydrogen-bond acceptors (Lipinski definition) is 4. The van der Waals surface area contributed by atoms with Gasteiger partial charge in [0.1, 0.15) is 5.82 Å². The first-order chi connectivity index (χ1) is 12.9. The van der Waals surface area contributed by atoms with E-state index in [4.69, 9.17) is 4.74 Å². The summed E-state index contributed by atoms with van der Waals surface area (Å²) in [5.74, 6) is -0.415. The van der Waals surface area contributed by atoms with Crippen LogP contribution >= 0.6 is 0 Å². The average Bonchev–Trinajstić information content (AvgIpc) is 2.68. The second-order valence-corrected chi connectivity index (χ2v) is 6.70. The lowest BCUT2D eigenvalue weighted by molar-refractivity contribution is -0.124. The van der Waals surface area contributed by atoms with Crippen molar-refractivity contribution in [3.8, 4) is 0 Å². The molecule has 6 heteroatoms. The Bertz CT molecular complexity index is 805. The quantitative estimate of drug-likeness (QED) is 0.820. The Hall–Kier alpha value is -2.57. The first-order valence-corrected chi connectivity index (χ1v) is 8.97. The van der Waals surface area contributed by atoms with Gasteiger partial charge in [-0.3, -0.25) is 14.5 Å². The summed E-state index contributed by atoms with van der Waals surface area (Å²) in [5, 5.41) is 2.88. The number of ketones is 1. The smallest absolute Gasteiger partial charge is 0.241 e. The van der Waals surface area contributed by atoms with Crippen molar-refractivity contribution < 1.29 is 18.7 Å². The first kappa shape index (κ1) is 19.2. The molecule has 142 valence electrons. The SMILES string of the molecule is CC(=O)c1ccc(NC(=O)[C@@H](C)N2CCO[C@@H](c3ccc(F)cc3)C2)cc1. The molecule has 2 aromatic carbocycles. The molecule has 1 fully saturated rings. The zero-order valence-electron chi connectivity index (χ0n) is 15.4. The van der Waals surface area contributed by atoms with Gasteiger partial charge in [-0.25, -0.2) is 4.39 Å². The Morgan fingerprint density at radius 2 is 1.81 bits per heavy atom. The number of rotatable bonds is 5. The van der Waals surface area contributed by atoms with E-state index in [0.29, 0.717) is 30.9 Å². The molecule has 1 saturated heterocycles. The zero-order chi connectivity index (χ0) is 19.4. The van der Waals surface area contributed by atoms with Crippen LogP contribution in [0.5, 0.6) is 0 Å². The number of morpholine rings is 1. The van der Waals surface area contributed by atoms with Gasteiger partial charge in [0.05, 0.1) is 18.8 Å². The van der Waals surface area contributed by atoms with Crippen molar-refractivity contribution in [3.63, 3.8) is 0 Å². The molecule has 0 bridgehead atoms. The molecule has 1 heterocycles. The number of anilines is 1. The van der Waals surface area contributed by atoms with E-state index in [1.807, 2.05) is 6.92 Å². The van der Waals surface area contributed by atoms with E-state index in [9.17, 15) is 14.0 Å². The maximum atomic E-state index is 13.1. The number of benzene rings is 2. The van der Waals surface area contributed by atoms with E-state index in [2.05, 4.69) is 10.2 Å². The molecule has 0 spiro atoms. The van der Waals surface area contributed by atoms with Crippen LogP contribution in [0.4, 0.5) is 10.1 Å². The predicted molar refractivity (Wildman–Crippen MR) is 101 cm³/mol. The minimum atomic E-state index is -0.343. The van der Waals surface area contributed by atoms with Gasteiger partial charge in [0.2, 0.25) is 5.91 Å². The molecule has 27 heavy (non-hydrogen) atoms. The molecule has 1 amide bonds. The van der Waals surface area contributed by atoms with Gasteiger partial charge in [0, 0.05) is 24.3 Å². The van der Waals surface area contributed by atoms with E-state index >= 15 is 0 Å². The largest absolute Gasteiger partial charge is 0.371 e. The van der Waals surface area contributed by atoms with Crippen molar-refractivity contribution in [2.45, 2.75) is 26.0 Å². The molecule has 0 aromatic heterocycles. The number of nitrogens with zero attached hydrogens (tertiary/aromatic N) is 1. The Labute approximate surface area is 158 Å². The maximum absolute atomic E-state index is 13.1. The number of halogens is 1. The van der Waals surface area contributed by atoms with Crippen LogP contribution in [-0.4, -0.2) is 42.3 Å². The van der Waals surface area contributed by atoms with E-state index in [-0.39, 0.29) is 29.7 Å². The summed E-state index contributed by atoms with van der Waals surface area (Å²) >= 11 is 0. The monoisotopic (exact) mass is 370 g/mol. The van der Waals surface area contributed by atoms with Crippen molar-refractivity contribution in [3.05, 3.63) is 65.5 Å². The highest BCUT2D eigenvalue weighted by Gasteiger charge is 2.28. The molecule has 1 N–H and O–H groups in total. The molecule has 0 radical (unpaired) electrons. The second-order valence-electron chi connectivity index (χ2n) is 6.70. The fourth-order valence-corrected chi connectivity index (χ4v) is 3.10. The number of nitrogens with one attached hydrogen (secondary N) is 1. The predicted octanol–water partition coefficient (Wildman–Crippen LogP) is 3.43. The number of Topliss-reactive ketones (excluding diaryl/α,β-unsaturated/α-hetero) is 1. The molecule has 2 aromatic rings. The van der Waals surface area contributed by atoms with Crippen LogP contribution in [0.3, 0.4) is 0 Å². The minimum absolute atomic E-state index is 0.0126. The van der Waals surface area contributed by atoms with Gasteiger partial charge in [0.25, 0.3) is 0 Å². The third-order valence-corrected chi connectivity index (χ3v) is 4.83. The fraction of sp³-hybridized carbons (Fsp3) is 0.333. The lowest BCUT2D eigenvalue weighted by Crippen LogP contribution is -2.48. The number of amides is 1. The first-order valence-electron chi connectivity index (χ1n) is 8.97. The van der Waals surface area contributed by atoms with Crippen LogP contribution in [0.2, 0.25) is 0 Å². The van der Waals surface area contributed by atoms with Gasteiger partial charge >= 0.3 is 0 Å². The Morgan fingerprint density at radius 1 is 1.15 bits per heavy atom. The molecule has 0 aliphatic carbocycles. The molecular formula is C21H23FN2O3. The van der Waals surface area contributed by atoms with Gasteiger partial charge in [-0.1, -0.05) is 12.1 Å². The summed E-state index contributed by atoms with van der Waals surface area (Å²) in [7, 11) is 0. The van der Waals surface area contributed by atoms with E-state index in [0.717, 1.165) is 5.56 Å². The molecular weight excluding hydrogens is 347 g/mol. The Balaban J connectivity index is 1.61. The summed E-state index contributed by atoms with van der Waals surface area (Å²) in [6.07, 6.45) is -0.190. The summed E-state index contributed by atoms with van der Waals surface area (Å²) in [6, 6.07) is 12.8. The van der Waals surface area contributed by atoms with Crippen LogP contribution in [-0.2, 0) is 9.53 Å². The number of hydrogen-bond donors (Lipinski definition) is 1. The van der Waals surface area contributed by atoms with Gasteiger partial charge in [0.15, 0.2) is 5.78 Å². The summed E-state index contributed by atoms with van der Waals surface area (Å²) in [4.78, 5) is 26.0. The van der Waals surface area contributed by atoms with Crippen molar-refractivity contribution in [1.82, 2.24) is 4.90 Å². The summed E-state index contributed by atoms with van der Waals surface area (Å²) in [6.45, 7) is 5.07. The molecule has 2 atom stereocenters. The Morgan fingerprint density at radius 3 is 2.44 bits per heavy atom. The van der Waals surface area contributed by atoms with Crippen LogP contribution in [0.15, 0.2) is 48.5 Å². The van der Waals surface area contributed by atoms with Gasteiger partial charge in [-0.05, 0) is 55.8 Å². The lowest BCUT2D eigenvalue weighted by Gasteiger charge is -2.36. The van der Waals surface area contributed by atoms with Crippen molar-refractivity contribution >= 4 is 17.4 Å². The van der Waals surface area contributed by atoms with Crippen molar-refractivity contribution in [1.29, 1.82) is 0 Å². The molecule has 3 rings (SSSR count). The zero-order valence-corrected chi connectivity index (χ0v) is 15.4. The summed E-state index contributed by atoms with van der Waals surface area (Å²) < 4.78 is 18.9. The highest BCUT2D eigenvalue weighted by Crippen LogP contribution is 2.24. The van der Waals surface area contributed by atoms with Crippen LogP contribution in [0.25, 0.3) is 0 Å². The third-order valence-electron chi connectivity index (χ3n) is 4.83. The molecule has 5 nitrogen and oxygen atoms in total. The van der Waals surface area contributed by atoms with E-state index in [1.165, 1.54) is 19.1 Å². The molecule has 0 unspecified atom stereocenters. The molecule has 1 aliphatic rings.